The van der Waals surface area contributed by atoms with E-state index in [0.717, 1.165) is 24.4 Å². The van der Waals surface area contributed by atoms with E-state index in [2.05, 4.69) is 22.8 Å². The summed E-state index contributed by atoms with van der Waals surface area (Å²) in [5, 5.41) is 6.94. The van der Waals surface area contributed by atoms with Crippen LogP contribution in [0.3, 0.4) is 0 Å². The van der Waals surface area contributed by atoms with E-state index in [4.69, 9.17) is 16.3 Å². The smallest absolute Gasteiger partial charge is 0.250 e. The highest BCUT2D eigenvalue weighted by molar-refractivity contribution is 6.30. The molecule has 1 aliphatic heterocycles. The average Bonchev–Trinajstić information content (AvgIpc) is 3.27. The van der Waals surface area contributed by atoms with Crippen molar-refractivity contribution < 1.29 is 9.53 Å². The fraction of sp³-hybridized carbons (Fsp3) is 0.533. The van der Waals surface area contributed by atoms with Crippen LogP contribution in [0.15, 0.2) is 24.3 Å². The van der Waals surface area contributed by atoms with Crippen LogP contribution in [-0.4, -0.2) is 38.3 Å². The molecule has 1 saturated carbocycles. The summed E-state index contributed by atoms with van der Waals surface area (Å²) in [7, 11) is 0. The van der Waals surface area contributed by atoms with E-state index in [1.165, 1.54) is 5.56 Å². The minimum atomic E-state index is -0.357. The van der Waals surface area contributed by atoms with Crippen LogP contribution in [0.25, 0.3) is 0 Å². The molecule has 116 valence electrons. The highest BCUT2D eigenvalue weighted by Crippen LogP contribution is 2.47. The summed E-state index contributed by atoms with van der Waals surface area (Å²) < 4.78 is 5.45. The second kappa shape index (κ2) is 6.97. The summed E-state index contributed by atoms with van der Waals surface area (Å²) >= 11 is 5.92. The molecular formula is C15H20Cl2N2O2. The van der Waals surface area contributed by atoms with Crippen molar-refractivity contribution in [2.45, 2.75) is 24.4 Å². The van der Waals surface area contributed by atoms with Gasteiger partial charge in [-0.3, -0.25) is 4.79 Å². The zero-order chi connectivity index (χ0) is 14.0. The Hall–Kier alpha value is -0.810. The third-order valence-electron chi connectivity index (χ3n) is 4.13. The molecule has 2 aliphatic rings. The lowest BCUT2D eigenvalue weighted by Gasteiger charge is -2.24. The van der Waals surface area contributed by atoms with Gasteiger partial charge in [0.1, 0.15) is 6.10 Å². The molecule has 0 aromatic heterocycles. The standard InChI is InChI=1S/C15H19ClN2O2.ClH/c16-12-3-1-11(2-4-12)15(5-6-15)10-18-14(19)13-9-17-7-8-20-13;/h1-4,13,17H,5-10H2,(H,18,19);1H. The number of rotatable bonds is 4. The van der Waals surface area contributed by atoms with Gasteiger partial charge in [-0.15, -0.1) is 12.4 Å². The molecule has 1 heterocycles. The Morgan fingerprint density at radius 1 is 1.38 bits per heavy atom. The van der Waals surface area contributed by atoms with Crippen LogP contribution in [0.5, 0.6) is 0 Å². The lowest BCUT2D eigenvalue weighted by atomic mass is 9.96. The number of carbonyl (C=O) groups excluding carboxylic acids is 1. The molecule has 1 unspecified atom stereocenters. The van der Waals surface area contributed by atoms with Crippen LogP contribution in [0.1, 0.15) is 18.4 Å². The molecule has 2 N–H and O–H groups in total. The zero-order valence-corrected chi connectivity index (χ0v) is 13.3. The zero-order valence-electron chi connectivity index (χ0n) is 11.7. The molecule has 0 radical (unpaired) electrons. The summed E-state index contributed by atoms with van der Waals surface area (Å²) in [6.07, 6.45) is 1.86. The molecule has 2 fully saturated rings. The van der Waals surface area contributed by atoms with Crippen molar-refractivity contribution in [3.8, 4) is 0 Å². The van der Waals surface area contributed by atoms with Gasteiger partial charge in [-0.05, 0) is 30.5 Å². The molecule has 21 heavy (non-hydrogen) atoms. The lowest BCUT2D eigenvalue weighted by molar-refractivity contribution is -0.134. The van der Waals surface area contributed by atoms with Gasteiger partial charge in [0.25, 0.3) is 0 Å². The van der Waals surface area contributed by atoms with Crippen molar-refractivity contribution in [2.75, 3.05) is 26.2 Å². The molecular weight excluding hydrogens is 311 g/mol. The quantitative estimate of drug-likeness (QED) is 0.886. The maximum atomic E-state index is 12.1. The topological polar surface area (TPSA) is 50.4 Å². The average molecular weight is 331 g/mol. The first-order valence-corrected chi connectivity index (χ1v) is 7.44. The van der Waals surface area contributed by atoms with Gasteiger partial charge in [0, 0.05) is 30.1 Å². The van der Waals surface area contributed by atoms with Gasteiger partial charge in [-0.2, -0.15) is 0 Å². The van der Waals surface area contributed by atoms with E-state index < -0.39 is 0 Å². The Kier molecular flexibility index (Phi) is 5.49. The molecule has 1 aromatic carbocycles. The van der Waals surface area contributed by atoms with E-state index in [-0.39, 0.29) is 29.8 Å². The Balaban J connectivity index is 0.00000161. The van der Waals surface area contributed by atoms with Gasteiger partial charge in [0.2, 0.25) is 5.91 Å². The second-order valence-corrected chi connectivity index (χ2v) is 6.01. The second-order valence-electron chi connectivity index (χ2n) is 5.57. The predicted molar refractivity (Wildman–Crippen MR) is 85.2 cm³/mol. The highest BCUT2D eigenvalue weighted by atomic mass is 35.5. The van der Waals surface area contributed by atoms with Gasteiger partial charge >= 0.3 is 0 Å². The first-order chi connectivity index (χ1) is 9.70. The SMILES string of the molecule is Cl.O=C(NCC1(c2ccc(Cl)cc2)CC1)C1CNCCO1. The summed E-state index contributed by atoms with van der Waals surface area (Å²) in [6, 6.07) is 7.93. The summed E-state index contributed by atoms with van der Waals surface area (Å²) in [4.78, 5) is 12.1. The van der Waals surface area contributed by atoms with E-state index in [0.29, 0.717) is 19.7 Å². The van der Waals surface area contributed by atoms with E-state index >= 15 is 0 Å². The van der Waals surface area contributed by atoms with Gasteiger partial charge in [-0.25, -0.2) is 0 Å². The van der Waals surface area contributed by atoms with Gasteiger partial charge < -0.3 is 15.4 Å². The molecule has 4 nitrogen and oxygen atoms in total. The van der Waals surface area contributed by atoms with Crippen LogP contribution < -0.4 is 10.6 Å². The lowest BCUT2D eigenvalue weighted by Crippen LogP contribution is -2.49. The van der Waals surface area contributed by atoms with Crippen molar-refractivity contribution in [2.24, 2.45) is 0 Å². The largest absolute Gasteiger partial charge is 0.366 e. The fourth-order valence-corrected chi connectivity index (χ4v) is 2.75. The Morgan fingerprint density at radius 3 is 2.67 bits per heavy atom. The van der Waals surface area contributed by atoms with Crippen molar-refractivity contribution in [3.63, 3.8) is 0 Å². The van der Waals surface area contributed by atoms with Crippen molar-refractivity contribution in [1.82, 2.24) is 10.6 Å². The third-order valence-corrected chi connectivity index (χ3v) is 4.38. The van der Waals surface area contributed by atoms with Crippen LogP contribution in [0.2, 0.25) is 5.02 Å². The Morgan fingerprint density at radius 2 is 2.10 bits per heavy atom. The molecule has 1 aliphatic carbocycles. The number of carbonyl (C=O) groups is 1. The Labute approximate surface area is 136 Å². The molecule has 1 saturated heterocycles. The van der Waals surface area contributed by atoms with Gasteiger partial charge in [0.15, 0.2) is 0 Å². The number of nitrogens with one attached hydrogen (secondary N) is 2. The molecule has 6 heteroatoms. The van der Waals surface area contributed by atoms with Crippen LogP contribution in [-0.2, 0) is 14.9 Å². The summed E-state index contributed by atoms with van der Waals surface area (Å²) in [6.45, 7) is 2.69. The highest BCUT2D eigenvalue weighted by Gasteiger charge is 2.44. The normalized spacial score (nSPS) is 23.0. The van der Waals surface area contributed by atoms with E-state index in [1.807, 2.05) is 12.1 Å². The molecule has 1 atom stereocenters. The first-order valence-electron chi connectivity index (χ1n) is 7.06. The third kappa shape index (κ3) is 3.89. The molecule has 0 spiro atoms. The molecule has 0 bridgehead atoms. The van der Waals surface area contributed by atoms with E-state index in [1.54, 1.807) is 0 Å². The van der Waals surface area contributed by atoms with Crippen molar-refractivity contribution >= 4 is 29.9 Å². The number of ether oxygens (including phenoxy) is 1. The van der Waals surface area contributed by atoms with Crippen LogP contribution in [0, 0.1) is 0 Å². The van der Waals surface area contributed by atoms with Gasteiger partial charge in [-0.1, -0.05) is 23.7 Å². The van der Waals surface area contributed by atoms with Crippen LogP contribution in [0.4, 0.5) is 0 Å². The number of hydrogen-bond donors (Lipinski definition) is 2. The summed E-state index contributed by atoms with van der Waals surface area (Å²) in [5.41, 5.74) is 1.35. The number of hydrogen-bond acceptors (Lipinski definition) is 3. The molecule has 3 rings (SSSR count). The minimum Gasteiger partial charge on any atom is -0.366 e. The van der Waals surface area contributed by atoms with Crippen molar-refractivity contribution in [3.05, 3.63) is 34.9 Å². The fourth-order valence-electron chi connectivity index (χ4n) is 2.63. The first kappa shape index (κ1) is 16.6. The number of benzene rings is 1. The monoisotopic (exact) mass is 330 g/mol. The number of amides is 1. The minimum absolute atomic E-state index is 0. The number of morpholine rings is 1. The molecule has 1 aromatic rings. The van der Waals surface area contributed by atoms with Crippen molar-refractivity contribution in [1.29, 1.82) is 0 Å². The Bertz CT molecular complexity index is 483. The van der Waals surface area contributed by atoms with Crippen LogP contribution >= 0.6 is 24.0 Å². The van der Waals surface area contributed by atoms with Gasteiger partial charge in [0.05, 0.1) is 6.61 Å². The van der Waals surface area contributed by atoms with E-state index in [9.17, 15) is 4.79 Å². The number of halogens is 2. The molecule has 1 amide bonds. The maximum Gasteiger partial charge on any atom is 0.250 e. The maximum absolute atomic E-state index is 12.1. The summed E-state index contributed by atoms with van der Waals surface area (Å²) in [5.74, 6) is -0.0163. The predicted octanol–water partition coefficient (Wildman–Crippen LogP) is 1.90.